The molecule has 0 amide bonds. The number of rotatable bonds is 7. The van der Waals surface area contributed by atoms with E-state index in [2.05, 4.69) is 204 Å². The van der Waals surface area contributed by atoms with Crippen LogP contribution in [-0.4, -0.2) is 15.0 Å². The second-order valence-electron chi connectivity index (χ2n) is 16.4. The summed E-state index contributed by atoms with van der Waals surface area (Å²) >= 11 is 0. The van der Waals surface area contributed by atoms with Crippen LogP contribution < -0.4 is 0 Å². The minimum absolute atomic E-state index is 0.612. The third-order valence-electron chi connectivity index (χ3n) is 11.7. The topological polar surface area (TPSA) is 62.5 Å². The van der Waals surface area contributed by atoms with E-state index in [9.17, 15) is 5.26 Å². The van der Waals surface area contributed by atoms with Crippen LogP contribution in [-0.2, 0) is 0 Å². The molecule has 0 saturated heterocycles. The first kappa shape index (κ1) is 38.2. The van der Waals surface area contributed by atoms with Gasteiger partial charge in [-0.25, -0.2) is 15.0 Å². The molecule has 0 atom stereocenters. The highest BCUT2D eigenvalue weighted by Crippen LogP contribution is 2.41. The molecule has 0 aliphatic rings. The van der Waals surface area contributed by atoms with Crippen LogP contribution in [0.15, 0.2) is 182 Å². The third kappa shape index (κ3) is 7.42. The maximum absolute atomic E-state index is 10.1. The summed E-state index contributed by atoms with van der Waals surface area (Å²) in [6.45, 7) is 8.40. The first-order valence-electron chi connectivity index (χ1n) is 21.0. The predicted octanol–water partition coefficient (Wildman–Crippen LogP) is 15.0. The number of fused-ring (bicyclic) bond motifs is 3. The van der Waals surface area contributed by atoms with Crippen LogP contribution in [0, 0.1) is 39.0 Å². The Bertz CT molecular complexity index is 3300. The first-order chi connectivity index (χ1) is 30.3. The van der Waals surface area contributed by atoms with E-state index in [4.69, 9.17) is 15.0 Å². The van der Waals surface area contributed by atoms with Crippen LogP contribution in [0.2, 0.25) is 0 Å². The van der Waals surface area contributed by atoms with Crippen LogP contribution >= 0.6 is 0 Å². The Morgan fingerprint density at radius 3 is 1.52 bits per heavy atom. The summed E-state index contributed by atoms with van der Waals surface area (Å²) in [4.78, 5) is 15.1. The second-order valence-corrected chi connectivity index (χ2v) is 16.4. The number of aromatic nitrogens is 3. The fourth-order valence-electron chi connectivity index (χ4n) is 8.89. The molecule has 0 unspecified atom stereocenters. The van der Waals surface area contributed by atoms with E-state index in [-0.39, 0.29) is 0 Å². The van der Waals surface area contributed by atoms with Gasteiger partial charge in [0.2, 0.25) is 0 Å². The van der Waals surface area contributed by atoms with Gasteiger partial charge in [0, 0.05) is 16.7 Å². The fraction of sp³-hybridized carbons (Fsp3) is 0.0690. The molecule has 0 N–H and O–H groups in total. The Morgan fingerprint density at radius 1 is 0.323 bits per heavy atom. The van der Waals surface area contributed by atoms with E-state index in [0.717, 1.165) is 83.5 Å². The Labute approximate surface area is 362 Å². The van der Waals surface area contributed by atoms with Gasteiger partial charge in [-0.3, -0.25) is 0 Å². The van der Waals surface area contributed by atoms with Crippen LogP contribution in [0.5, 0.6) is 0 Å². The van der Waals surface area contributed by atoms with Gasteiger partial charge in [0.1, 0.15) is 0 Å². The average molecular weight is 795 g/mol. The summed E-state index contributed by atoms with van der Waals surface area (Å²) in [5, 5.41) is 15.1. The maximum Gasteiger partial charge on any atom is 0.164 e. The molecule has 4 nitrogen and oxygen atoms in total. The van der Waals surface area contributed by atoms with Crippen molar-refractivity contribution in [2.24, 2.45) is 0 Å². The van der Waals surface area contributed by atoms with Gasteiger partial charge >= 0.3 is 0 Å². The van der Waals surface area contributed by atoms with Crippen molar-refractivity contribution in [3.05, 3.63) is 210 Å². The molecule has 0 fully saturated rings. The minimum Gasteiger partial charge on any atom is -0.208 e. The van der Waals surface area contributed by atoms with E-state index in [1.807, 2.05) is 12.1 Å². The molecule has 9 aromatic carbocycles. The van der Waals surface area contributed by atoms with Crippen molar-refractivity contribution in [1.82, 2.24) is 15.0 Å². The molecule has 0 aliphatic carbocycles. The van der Waals surface area contributed by atoms with Gasteiger partial charge in [-0.15, -0.1) is 0 Å². The molecule has 0 saturated carbocycles. The normalized spacial score (nSPS) is 11.2. The van der Waals surface area contributed by atoms with Crippen molar-refractivity contribution in [2.45, 2.75) is 27.7 Å². The number of benzene rings is 9. The zero-order chi connectivity index (χ0) is 42.3. The van der Waals surface area contributed by atoms with Gasteiger partial charge in [-0.1, -0.05) is 156 Å². The van der Waals surface area contributed by atoms with Crippen molar-refractivity contribution >= 4 is 21.5 Å². The molecule has 0 spiro atoms. The summed E-state index contributed by atoms with van der Waals surface area (Å²) in [5.41, 5.74) is 16.7. The van der Waals surface area contributed by atoms with Crippen LogP contribution in [0.25, 0.3) is 100 Å². The second kappa shape index (κ2) is 15.9. The zero-order valence-corrected chi connectivity index (χ0v) is 35.1. The number of nitrogens with zero attached hydrogens (tertiary/aromatic N) is 4. The van der Waals surface area contributed by atoms with Gasteiger partial charge in [-0.05, 0) is 142 Å². The lowest BCUT2D eigenvalue weighted by molar-refractivity contribution is 1.07. The monoisotopic (exact) mass is 794 g/mol. The third-order valence-corrected chi connectivity index (χ3v) is 11.7. The Hall–Kier alpha value is -8.00. The fourth-order valence-corrected chi connectivity index (χ4v) is 8.89. The molecular formula is C58H42N4. The Balaban J connectivity index is 1.04. The molecule has 10 rings (SSSR count). The standard InChI is InChI=1S/C58H42N4/c1-36-26-37(2)29-48(28-36)57-60-56(61-58(62-57)49-30-38(3)27-39(4)31-49)43-20-17-42(18-21-43)51-14-7-8-15-54(51)55-32-40(35-59)16-24-53(55)46-12-9-11-44(33-46)45-23-25-52-47(34-45)22-19-41-10-5-6-13-50(41)52/h5-34H,1-4H3. The number of aryl methyl sites for hydroxylation is 4. The molecule has 294 valence electrons. The lowest BCUT2D eigenvalue weighted by Gasteiger charge is -2.16. The SMILES string of the molecule is Cc1cc(C)cc(-c2nc(-c3ccc(-c4ccccc4-c4cc(C#N)ccc4-c4cccc(-c5ccc6c(ccc7ccccc76)c5)c4)cc3)nc(-c3cc(C)cc(C)c3)n2)c1. The van der Waals surface area contributed by atoms with E-state index >= 15 is 0 Å². The largest absolute Gasteiger partial charge is 0.208 e. The summed E-state index contributed by atoms with van der Waals surface area (Å²) < 4.78 is 0. The van der Waals surface area contributed by atoms with E-state index in [0.29, 0.717) is 23.0 Å². The van der Waals surface area contributed by atoms with Gasteiger partial charge in [0.25, 0.3) is 0 Å². The molecule has 0 bridgehead atoms. The smallest absolute Gasteiger partial charge is 0.164 e. The van der Waals surface area contributed by atoms with Crippen LogP contribution in [0.3, 0.4) is 0 Å². The Kier molecular flexibility index (Phi) is 9.79. The quantitative estimate of drug-likeness (QED) is 0.151. The first-order valence-corrected chi connectivity index (χ1v) is 21.0. The minimum atomic E-state index is 0.612. The van der Waals surface area contributed by atoms with Gasteiger partial charge in [0.15, 0.2) is 17.5 Å². The van der Waals surface area contributed by atoms with E-state index in [1.54, 1.807) is 0 Å². The highest BCUT2D eigenvalue weighted by molar-refractivity contribution is 6.08. The molecule has 1 aromatic heterocycles. The summed E-state index contributed by atoms with van der Waals surface area (Å²) in [5.74, 6) is 1.91. The number of nitriles is 1. The van der Waals surface area contributed by atoms with Crippen molar-refractivity contribution < 1.29 is 0 Å². The molecule has 62 heavy (non-hydrogen) atoms. The van der Waals surface area contributed by atoms with Gasteiger partial charge in [0.05, 0.1) is 11.6 Å². The van der Waals surface area contributed by atoms with Crippen molar-refractivity contribution in [2.75, 3.05) is 0 Å². The molecule has 0 radical (unpaired) electrons. The van der Waals surface area contributed by atoms with E-state index in [1.165, 1.54) is 21.5 Å². The van der Waals surface area contributed by atoms with Crippen LogP contribution in [0.1, 0.15) is 27.8 Å². The van der Waals surface area contributed by atoms with Crippen LogP contribution in [0.4, 0.5) is 0 Å². The van der Waals surface area contributed by atoms with Crippen molar-refractivity contribution in [1.29, 1.82) is 5.26 Å². The van der Waals surface area contributed by atoms with Crippen molar-refractivity contribution in [3.63, 3.8) is 0 Å². The molecule has 10 aromatic rings. The molecule has 1 heterocycles. The lowest BCUT2D eigenvalue weighted by Crippen LogP contribution is -2.01. The van der Waals surface area contributed by atoms with Gasteiger partial charge < -0.3 is 0 Å². The molecule has 0 aliphatic heterocycles. The van der Waals surface area contributed by atoms with Crippen molar-refractivity contribution in [3.8, 4) is 84.7 Å². The average Bonchev–Trinajstić information content (AvgIpc) is 3.30. The maximum atomic E-state index is 10.1. The highest BCUT2D eigenvalue weighted by Gasteiger charge is 2.17. The van der Waals surface area contributed by atoms with E-state index < -0.39 is 0 Å². The number of hydrogen-bond acceptors (Lipinski definition) is 4. The molecule has 4 heteroatoms. The Morgan fingerprint density at radius 2 is 0.839 bits per heavy atom. The lowest BCUT2D eigenvalue weighted by atomic mass is 9.87. The molecular weight excluding hydrogens is 753 g/mol. The van der Waals surface area contributed by atoms with Gasteiger partial charge in [-0.2, -0.15) is 5.26 Å². The predicted molar refractivity (Wildman–Crippen MR) is 257 cm³/mol. The summed E-state index contributed by atoms with van der Waals surface area (Å²) in [6, 6.07) is 66.6. The summed E-state index contributed by atoms with van der Waals surface area (Å²) in [7, 11) is 0. The zero-order valence-electron chi connectivity index (χ0n) is 35.1. The highest BCUT2D eigenvalue weighted by atomic mass is 15.0. The number of hydrogen-bond donors (Lipinski definition) is 0. The summed E-state index contributed by atoms with van der Waals surface area (Å²) in [6.07, 6.45) is 0.